The van der Waals surface area contributed by atoms with Crippen molar-refractivity contribution >= 4 is 5.91 Å². The zero-order valence-corrected chi connectivity index (χ0v) is 10.5. The average Bonchev–Trinajstić information content (AvgIpc) is 2.46. The van der Waals surface area contributed by atoms with Gasteiger partial charge in [0.25, 0.3) is 5.91 Å². The molecule has 1 aromatic rings. The van der Waals surface area contributed by atoms with E-state index < -0.39 is 0 Å². The molecular weight excluding hydrogens is 214 g/mol. The summed E-state index contributed by atoms with van der Waals surface area (Å²) in [5.74, 6) is 0.932. The van der Waals surface area contributed by atoms with Crippen LogP contribution in [-0.4, -0.2) is 23.5 Å². The second-order valence-electron chi connectivity index (χ2n) is 4.48. The van der Waals surface area contributed by atoms with E-state index in [0.29, 0.717) is 6.54 Å². The summed E-state index contributed by atoms with van der Waals surface area (Å²) in [4.78, 5) is 14.0. The predicted octanol–water partition coefficient (Wildman–Crippen LogP) is 2.60. The molecule has 17 heavy (non-hydrogen) atoms. The van der Waals surface area contributed by atoms with Crippen molar-refractivity contribution in [2.45, 2.75) is 39.3 Å². The van der Waals surface area contributed by atoms with Crippen molar-refractivity contribution in [2.75, 3.05) is 6.54 Å². The number of nitrogens with zero attached hydrogens (tertiary/aromatic N) is 1. The van der Waals surface area contributed by atoms with E-state index in [4.69, 9.17) is 4.74 Å². The first-order chi connectivity index (χ1) is 8.22. The highest BCUT2D eigenvalue weighted by molar-refractivity contribution is 5.81. The summed E-state index contributed by atoms with van der Waals surface area (Å²) in [6, 6.07) is 7.89. The molecule has 92 valence electrons. The van der Waals surface area contributed by atoms with Gasteiger partial charge in [0.1, 0.15) is 5.75 Å². The first-order valence-corrected chi connectivity index (χ1v) is 6.25. The van der Waals surface area contributed by atoms with E-state index in [1.165, 1.54) is 0 Å². The summed E-state index contributed by atoms with van der Waals surface area (Å²) >= 11 is 0. The fourth-order valence-corrected chi connectivity index (χ4v) is 2.07. The number of benzene rings is 1. The largest absolute Gasteiger partial charge is 0.481 e. The molecule has 2 rings (SSSR count). The Hall–Kier alpha value is -1.51. The molecule has 1 aliphatic rings. The van der Waals surface area contributed by atoms with Crippen LogP contribution >= 0.6 is 0 Å². The highest BCUT2D eigenvalue weighted by Crippen LogP contribution is 2.25. The molecule has 3 nitrogen and oxygen atoms in total. The fourth-order valence-electron chi connectivity index (χ4n) is 2.07. The first kappa shape index (κ1) is 12.0. The molecular formula is C14H19NO2. The van der Waals surface area contributed by atoms with Gasteiger partial charge >= 0.3 is 0 Å². The number of carbonyl (C=O) groups excluding carboxylic acids is 1. The van der Waals surface area contributed by atoms with Crippen LogP contribution in [0.25, 0.3) is 0 Å². The quantitative estimate of drug-likeness (QED) is 0.803. The van der Waals surface area contributed by atoms with Crippen molar-refractivity contribution in [2.24, 2.45) is 0 Å². The molecule has 1 aromatic carbocycles. The first-order valence-electron chi connectivity index (χ1n) is 6.25. The van der Waals surface area contributed by atoms with E-state index in [9.17, 15) is 4.79 Å². The van der Waals surface area contributed by atoms with Gasteiger partial charge in [-0.3, -0.25) is 4.79 Å². The van der Waals surface area contributed by atoms with Gasteiger partial charge in [0, 0.05) is 18.7 Å². The topological polar surface area (TPSA) is 29.5 Å². The molecule has 0 unspecified atom stereocenters. The molecule has 0 fully saturated rings. The maximum atomic E-state index is 12.1. The number of unbranched alkanes of at least 4 members (excludes halogenated alkanes) is 1. The van der Waals surface area contributed by atoms with Gasteiger partial charge in [0.2, 0.25) is 0 Å². The van der Waals surface area contributed by atoms with E-state index in [1.54, 1.807) is 0 Å². The third kappa shape index (κ3) is 2.60. The smallest absolute Gasteiger partial charge is 0.263 e. The molecule has 3 heteroatoms. The Labute approximate surface area is 102 Å². The zero-order valence-electron chi connectivity index (χ0n) is 10.5. The van der Waals surface area contributed by atoms with Crippen LogP contribution in [0.2, 0.25) is 0 Å². The number of fused-ring (bicyclic) bond motifs is 1. The third-order valence-electron chi connectivity index (χ3n) is 3.08. The number of hydrogen-bond acceptors (Lipinski definition) is 2. The molecule has 0 saturated heterocycles. The molecule has 0 bridgehead atoms. The maximum Gasteiger partial charge on any atom is 0.263 e. The van der Waals surface area contributed by atoms with Crippen LogP contribution in [0.15, 0.2) is 24.3 Å². The highest BCUT2D eigenvalue weighted by atomic mass is 16.5. The van der Waals surface area contributed by atoms with Crippen LogP contribution in [0.3, 0.4) is 0 Å². The van der Waals surface area contributed by atoms with Gasteiger partial charge in [0.05, 0.1) is 0 Å². The molecule has 0 radical (unpaired) electrons. The second-order valence-corrected chi connectivity index (χ2v) is 4.48. The average molecular weight is 233 g/mol. The van der Waals surface area contributed by atoms with Gasteiger partial charge in [-0.15, -0.1) is 0 Å². The third-order valence-corrected chi connectivity index (χ3v) is 3.08. The van der Waals surface area contributed by atoms with Gasteiger partial charge in [-0.2, -0.15) is 0 Å². The highest BCUT2D eigenvalue weighted by Gasteiger charge is 2.26. The molecule has 0 spiro atoms. The fraction of sp³-hybridized carbons (Fsp3) is 0.500. The zero-order chi connectivity index (χ0) is 12.3. The number of para-hydroxylation sites is 1. The SMILES string of the molecule is CCCCN1Cc2ccccc2O[C@@H](C)C1=O. The summed E-state index contributed by atoms with van der Waals surface area (Å²) in [5, 5.41) is 0. The summed E-state index contributed by atoms with van der Waals surface area (Å²) in [6.45, 7) is 5.44. The van der Waals surface area contributed by atoms with Gasteiger partial charge < -0.3 is 9.64 Å². The van der Waals surface area contributed by atoms with Crippen LogP contribution in [0, 0.1) is 0 Å². The van der Waals surface area contributed by atoms with Crippen molar-refractivity contribution in [1.82, 2.24) is 4.90 Å². The second kappa shape index (κ2) is 5.21. The van der Waals surface area contributed by atoms with Gasteiger partial charge in [-0.1, -0.05) is 31.5 Å². The van der Waals surface area contributed by atoms with Crippen LogP contribution in [0.5, 0.6) is 5.75 Å². The number of carbonyl (C=O) groups is 1. The van der Waals surface area contributed by atoms with E-state index in [1.807, 2.05) is 36.1 Å². The lowest BCUT2D eigenvalue weighted by molar-refractivity contribution is -0.137. The molecule has 1 heterocycles. The monoisotopic (exact) mass is 233 g/mol. The van der Waals surface area contributed by atoms with Crippen molar-refractivity contribution in [3.63, 3.8) is 0 Å². The molecule has 1 amide bonds. The van der Waals surface area contributed by atoms with E-state index in [0.717, 1.165) is 30.7 Å². The minimum atomic E-state index is -0.379. The number of hydrogen-bond donors (Lipinski definition) is 0. The Bertz CT molecular complexity index is 403. The van der Waals surface area contributed by atoms with Crippen molar-refractivity contribution in [1.29, 1.82) is 0 Å². The molecule has 0 aliphatic carbocycles. The molecule has 1 aliphatic heterocycles. The van der Waals surface area contributed by atoms with Gasteiger partial charge in [0.15, 0.2) is 6.10 Å². The Morgan fingerprint density at radius 2 is 2.18 bits per heavy atom. The molecule has 0 aromatic heterocycles. The molecule has 0 saturated carbocycles. The number of amides is 1. The molecule has 0 N–H and O–H groups in total. The summed E-state index contributed by atoms with van der Waals surface area (Å²) in [6.07, 6.45) is 1.76. The van der Waals surface area contributed by atoms with E-state index >= 15 is 0 Å². The Morgan fingerprint density at radius 1 is 1.41 bits per heavy atom. The lowest BCUT2D eigenvalue weighted by Crippen LogP contribution is -2.38. The van der Waals surface area contributed by atoms with Crippen LogP contribution < -0.4 is 4.74 Å². The predicted molar refractivity (Wildman–Crippen MR) is 66.9 cm³/mol. The number of rotatable bonds is 3. The van der Waals surface area contributed by atoms with Gasteiger partial charge in [-0.25, -0.2) is 0 Å². The maximum absolute atomic E-state index is 12.1. The van der Waals surface area contributed by atoms with Crippen LogP contribution in [-0.2, 0) is 11.3 Å². The van der Waals surface area contributed by atoms with Crippen molar-refractivity contribution < 1.29 is 9.53 Å². The van der Waals surface area contributed by atoms with Crippen LogP contribution in [0.4, 0.5) is 0 Å². The Kier molecular flexibility index (Phi) is 3.67. The van der Waals surface area contributed by atoms with Crippen molar-refractivity contribution in [3.8, 4) is 5.75 Å². The summed E-state index contributed by atoms with van der Waals surface area (Å²) in [5.41, 5.74) is 1.10. The minimum absolute atomic E-state index is 0.0923. The van der Waals surface area contributed by atoms with Crippen LogP contribution in [0.1, 0.15) is 32.3 Å². The standard InChI is InChI=1S/C14H19NO2/c1-3-4-9-15-10-12-7-5-6-8-13(12)17-11(2)14(15)16/h5-8,11H,3-4,9-10H2,1-2H3/t11-/m0/s1. The lowest BCUT2D eigenvalue weighted by Gasteiger charge is -2.21. The van der Waals surface area contributed by atoms with E-state index in [-0.39, 0.29) is 12.0 Å². The normalized spacial score (nSPS) is 19.5. The summed E-state index contributed by atoms with van der Waals surface area (Å²) < 4.78 is 5.69. The van der Waals surface area contributed by atoms with Gasteiger partial charge in [-0.05, 0) is 19.4 Å². The molecule has 1 atom stereocenters. The van der Waals surface area contributed by atoms with Crippen molar-refractivity contribution in [3.05, 3.63) is 29.8 Å². The Balaban J connectivity index is 2.22. The lowest BCUT2D eigenvalue weighted by atomic mass is 10.2. The Morgan fingerprint density at radius 3 is 2.94 bits per heavy atom. The van der Waals surface area contributed by atoms with E-state index in [2.05, 4.69) is 6.92 Å². The number of ether oxygens (including phenoxy) is 1. The summed E-state index contributed by atoms with van der Waals surface area (Å²) in [7, 11) is 0. The minimum Gasteiger partial charge on any atom is -0.481 e.